The molecule has 1 aliphatic rings. The lowest BCUT2D eigenvalue weighted by molar-refractivity contribution is 0.304. The molecule has 0 spiro atoms. The van der Waals surface area contributed by atoms with Crippen molar-refractivity contribution >= 4 is 5.82 Å². The minimum Gasteiger partial charge on any atom is -0.477 e. The maximum Gasteiger partial charge on any atom is 0.234 e. The average molecular weight is 222 g/mol. The molecule has 1 saturated heterocycles. The Bertz CT molecular complexity index is 345. The van der Waals surface area contributed by atoms with Gasteiger partial charge < -0.3 is 15.4 Å². The van der Waals surface area contributed by atoms with E-state index in [9.17, 15) is 0 Å². The minimum absolute atomic E-state index is 0.252. The number of hydrogen-bond donors (Lipinski definition) is 1. The predicted molar refractivity (Wildman–Crippen MR) is 62.6 cm³/mol. The van der Waals surface area contributed by atoms with Crippen LogP contribution in [0.2, 0.25) is 0 Å². The lowest BCUT2D eigenvalue weighted by Crippen LogP contribution is -2.27. The summed E-state index contributed by atoms with van der Waals surface area (Å²) in [6, 6.07) is 0.252. The number of rotatable bonds is 4. The van der Waals surface area contributed by atoms with Gasteiger partial charge in [-0.3, -0.25) is 4.98 Å². The smallest absolute Gasteiger partial charge is 0.234 e. The van der Waals surface area contributed by atoms with Crippen molar-refractivity contribution in [2.24, 2.45) is 5.73 Å². The summed E-state index contributed by atoms with van der Waals surface area (Å²) in [4.78, 5) is 10.7. The zero-order valence-electron chi connectivity index (χ0n) is 9.59. The van der Waals surface area contributed by atoms with E-state index in [0.29, 0.717) is 12.5 Å². The van der Waals surface area contributed by atoms with Crippen molar-refractivity contribution in [1.29, 1.82) is 0 Å². The van der Waals surface area contributed by atoms with Gasteiger partial charge >= 0.3 is 0 Å². The number of ether oxygens (including phenoxy) is 1. The van der Waals surface area contributed by atoms with Crippen molar-refractivity contribution in [3.8, 4) is 5.88 Å². The summed E-state index contributed by atoms with van der Waals surface area (Å²) in [5.41, 5.74) is 5.86. The fourth-order valence-corrected chi connectivity index (χ4v) is 1.76. The second kappa shape index (κ2) is 5.12. The quantitative estimate of drug-likeness (QED) is 0.816. The van der Waals surface area contributed by atoms with Gasteiger partial charge in [-0.05, 0) is 12.8 Å². The number of nitrogens with zero attached hydrogens (tertiary/aromatic N) is 3. The highest BCUT2D eigenvalue weighted by Gasteiger charge is 2.20. The molecule has 5 heteroatoms. The molecule has 0 aliphatic carbocycles. The fraction of sp³-hybridized carbons (Fsp3) is 0.636. The Morgan fingerprint density at radius 2 is 2.44 bits per heavy atom. The van der Waals surface area contributed by atoms with E-state index in [-0.39, 0.29) is 6.04 Å². The maximum atomic E-state index is 5.86. The van der Waals surface area contributed by atoms with E-state index >= 15 is 0 Å². The van der Waals surface area contributed by atoms with Gasteiger partial charge in [0.2, 0.25) is 5.88 Å². The molecule has 1 atom stereocenters. The van der Waals surface area contributed by atoms with E-state index in [0.717, 1.165) is 31.7 Å². The lowest BCUT2D eigenvalue weighted by Gasteiger charge is -2.16. The molecule has 2 N–H and O–H groups in total. The summed E-state index contributed by atoms with van der Waals surface area (Å²) in [5, 5.41) is 0. The second-order valence-electron chi connectivity index (χ2n) is 4.06. The SMILES string of the molecule is CCCOc1cncc(N2CCC(N)C2)n1. The molecule has 1 aromatic heterocycles. The molecule has 0 bridgehead atoms. The average Bonchev–Trinajstić information content (AvgIpc) is 2.74. The summed E-state index contributed by atoms with van der Waals surface area (Å²) >= 11 is 0. The van der Waals surface area contributed by atoms with Crippen LogP contribution in [-0.2, 0) is 0 Å². The Morgan fingerprint density at radius 3 is 3.12 bits per heavy atom. The molecule has 0 saturated carbocycles. The van der Waals surface area contributed by atoms with Crippen LogP contribution in [0.25, 0.3) is 0 Å². The van der Waals surface area contributed by atoms with Gasteiger partial charge in [0.1, 0.15) is 0 Å². The van der Waals surface area contributed by atoms with Crippen LogP contribution in [0.15, 0.2) is 12.4 Å². The standard InChI is InChI=1S/C11H18N4O/c1-2-5-16-11-7-13-6-10(14-11)15-4-3-9(12)8-15/h6-7,9H,2-5,8,12H2,1H3. The molecular weight excluding hydrogens is 204 g/mol. The van der Waals surface area contributed by atoms with Gasteiger partial charge in [-0.15, -0.1) is 0 Å². The highest BCUT2D eigenvalue weighted by Crippen LogP contribution is 2.18. The van der Waals surface area contributed by atoms with Crippen LogP contribution in [0.4, 0.5) is 5.82 Å². The van der Waals surface area contributed by atoms with Gasteiger partial charge in [-0.25, -0.2) is 0 Å². The van der Waals surface area contributed by atoms with Crippen LogP contribution in [-0.4, -0.2) is 35.7 Å². The van der Waals surface area contributed by atoms with Crippen molar-refractivity contribution in [1.82, 2.24) is 9.97 Å². The minimum atomic E-state index is 0.252. The van der Waals surface area contributed by atoms with Crippen LogP contribution >= 0.6 is 0 Å². The Labute approximate surface area is 95.6 Å². The summed E-state index contributed by atoms with van der Waals surface area (Å²) in [6.45, 7) is 4.55. The third-order valence-corrected chi connectivity index (χ3v) is 2.60. The maximum absolute atomic E-state index is 5.86. The number of nitrogens with two attached hydrogens (primary N) is 1. The van der Waals surface area contributed by atoms with Gasteiger partial charge in [-0.1, -0.05) is 6.92 Å². The molecule has 1 aliphatic heterocycles. The Balaban J connectivity index is 2.04. The number of anilines is 1. The first-order valence-corrected chi connectivity index (χ1v) is 5.75. The monoisotopic (exact) mass is 222 g/mol. The van der Waals surface area contributed by atoms with Gasteiger partial charge in [0.05, 0.1) is 19.0 Å². The predicted octanol–water partition coefficient (Wildman–Crippen LogP) is 0.803. The molecular formula is C11H18N4O. The first-order chi connectivity index (χ1) is 7.79. The van der Waals surface area contributed by atoms with E-state index in [2.05, 4.69) is 21.8 Å². The Morgan fingerprint density at radius 1 is 1.56 bits per heavy atom. The molecule has 0 radical (unpaired) electrons. The summed E-state index contributed by atoms with van der Waals surface area (Å²) in [6.07, 6.45) is 5.40. The highest BCUT2D eigenvalue weighted by molar-refractivity contribution is 5.39. The zero-order valence-corrected chi connectivity index (χ0v) is 9.59. The summed E-state index contributed by atoms with van der Waals surface area (Å²) in [7, 11) is 0. The third-order valence-electron chi connectivity index (χ3n) is 2.60. The molecule has 1 fully saturated rings. The van der Waals surface area contributed by atoms with E-state index in [1.807, 2.05) is 0 Å². The molecule has 1 unspecified atom stereocenters. The molecule has 2 rings (SSSR count). The van der Waals surface area contributed by atoms with Gasteiger partial charge in [0.15, 0.2) is 5.82 Å². The van der Waals surface area contributed by atoms with E-state index in [1.54, 1.807) is 12.4 Å². The molecule has 1 aromatic rings. The molecule has 88 valence electrons. The first-order valence-electron chi connectivity index (χ1n) is 5.75. The van der Waals surface area contributed by atoms with E-state index in [4.69, 9.17) is 10.5 Å². The summed E-state index contributed by atoms with van der Waals surface area (Å²) in [5.74, 6) is 1.46. The van der Waals surface area contributed by atoms with Gasteiger partial charge in [0, 0.05) is 19.1 Å². The van der Waals surface area contributed by atoms with Crippen LogP contribution < -0.4 is 15.4 Å². The largest absolute Gasteiger partial charge is 0.477 e. The second-order valence-corrected chi connectivity index (χ2v) is 4.06. The number of hydrogen-bond acceptors (Lipinski definition) is 5. The first kappa shape index (κ1) is 11.1. The molecule has 0 aromatic carbocycles. The van der Waals surface area contributed by atoms with Crippen molar-refractivity contribution in [3.05, 3.63) is 12.4 Å². The van der Waals surface area contributed by atoms with Crippen LogP contribution in [0, 0.1) is 0 Å². The zero-order chi connectivity index (χ0) is 11.4. The van der Waals surface area contributed by atoms with Gasteiger partial charge in [0.25, 0.3) is 0 Å². The molecule has 5 nitrogen and oxygen atoms in total. The molecule has 0 amide bonds. The third kappa shape index (κ3) is 2.61. The Kier molecular flexibility index (Phi) is 3.56. The van der Waals surface area contributed by atoms with Gasteiger partial charge in [-0.2, -0.15) is 4.98 Å². The highest BCUT2D eigenvalue weighted by atomic mass is 16.5. The van der Waals surface area contributed by atoms with Crippen molar-refractivity contribution in [2.75, 3.05) is 24.6 Å². The summed E-state index contributed by atoms with van der Waals surface area (Å²) < 4.78 is 5.45. The van der Waals surface area contributed by atoms with Crippen molar-refractivity contribution in [2.45, 2.75) is 25.8 Å². The van der Waals surface area contributed by atoms with Crippen molar-refractivity contribution < 1.29 is 4.74 Å². The number of aromatic nitrogens is 2. The van der Waals surface area contributed by atoms with E-state index in [1.165, 1.54) is 0 Å². The molecule has 2 heterocycles. The molecule has 16 heavy (non-hydrogen) atoms. The van der Waals surface area contributed by atoms with Crippen LogP contribution in [0.1, 0.15) is 19.8 Å². The topological polar surface area (TPSA) is 64.3 Å². The fourth-order valence-electron chi connectivity index (χ4n) is 1.76. The van der Waals surface area contributed by atoms with Crippen LogP contribution in [0.3, 0.4) is 0 Å². The van der Waals surface area contributed by atoms with E-state index < -0.39 is 0 Å². The van der Waals surface area contributed by atoms with Crippen molar-refractivity contribution in [3.63, 3.8) is 0 Å². The normalized spacial score (nSPS) is 20.1. The Hall–Kier alpha value is -1.36. The van der Waals surface area contributed by atoms with Crippen LogP contribution in [0.5, 0.6) is 5.88 Å². The lowest BCUT2D eigenvalue weighted by atomic mass is 10.3.